The van der Waals surface area contributed by atoms with Gasteiger partial charge in [0.25, 0.3) is 10.2 Å². The van der Waals surface area contributed by atoms with Gasteiger partial charge in [-0.25, -0.2) is 4.72 Å². The summed E-state index contributed by atoms with van der Waals surface area (Å²) in [5.74, 6) is 0. The van der Waals surface area contributed by atoms with Crippen molar-refractivity contribution in [1.82, 2.24) is 14.3 Å². The maximum atomic E-state index is 12.0. The van der Waals surface area contributed by atoms with E-state index in [0.717, 1.165) is 51.8 Å². The molecular formula is C14H31N3O3S. The number of nitrogens with zero attached hydrogens (tertiary/aromatic N) is 1. The van der Waals surface area contributed by atoms with Gasteiger partial charge in [0.1, 0.15) is 0 Å². The fraction of sp³-hybridized carbons (Fsp3) is 1.00. The Balaban J connectivity index is 2.15. The molecule has 21 heavy (non-hydrogen) atoms. The van der Waals surface area contributed by atoms with Gasteiger partial charge in [-0.1, -0.05) is 6.92 Å². The fourth-order valence-electron chi connectivity index (χ4n) is 2.34. The molecule has 1 unspecified atom stereocenters. The first-order valence-corrected chi connectivity index (χ1v) is 9.53. The summed E-state index contributed by atoms with van der Waals surface area (Å²) in [5, 5.41) is 3.27. The van der Waals surface area contributed by atoms with Crippen molar-refractivity contribution in [3.63, 3.8) is 0 Å². The zero-order valence-corrected chi connectivity index (χ0v) is 14.3. The SMILES string of the molecule is CCCNCCCN(C)S(=O)(=O)NCCC1CCCCO1. The second-order valence-corrected chi connectivity index (χ2v) is 7.46. The predicted octanol–water partition coefficient (Wildman–Crippen LogP) is 1.10. The molecule has 1 atom stereocenters. The van der Waals surface area contributed by atoms with Crippen LogP contribution in [0.2, 0.25) is 0 Å². The van der Waals surface area contributed by atoms with Gasteiger partial charge in [-0.15, -0.1) is 0 Å². The number of rotatable bonds is 11. The molecule has 0 bridgehead atoms. The van der Waals surface area contributed by atoms with E-state index in [0.29, 0.717) is 13.1 Å². The summed E-state index contributed by atoms with van der Waals surface area (Å²) < 4.78 is 33.7. The van der Waals surface area contributed by atoms with Crippen LogP contribution in [0.25, 0.3) is 0 Å². The highest BCUT2D eigenvalue weighted by Crippen LogP contribution is 2.15. The Morgan fingerprint density at radius 1 is 1.24 bits per heavy atom. The minimum atomic E-state index is -3.35. The van der Waals surface area contributed by atoms with Crippen molar-refractivity contribution in [2.45, 2.75) is 51.6 Å². The lowest BCUT2D eigenvalue weighted by Crippen LogP contribution is -2.40. The predicted molar refractivity (Wildman–Crippen MR) is 85.5 cm³/mol. The van der Waals surface area contributed by atoms with Crippen LogP contribution in [-0.4, -0.2) is 58.7 Å². The van der Waals surface area contributed by atoms with Crippen molar-refractivity contribution in [2.24, 2.45) is 0 Å². The molecule has 1 saturated heterocycles. The Labute approximate surface area is 129 Å². The number of hydrogen-bond donors (Lipinski definition) is 2. The third kappa shape index (κ3) is 8.11. The first-order valence-electron chi connectivity index (χ1n) is 8.09. The lowest BCUT2D eigenvalue weighted by atomic mass is 10.1. The second kappa shape index (κ2) is 10.5. The summed E-state index contributed by atoms with van der Waals surface area (Å²) in [6.45, 7) is 5.74. The van der Waals surface area contributed by atoms with Crippen LogP contribution in [-0.2, 0) is 14.9 Å². The Morgan fingerprint density at radius 3 is 2.71 bits per heavy atom. The Morgan fingerprint density at radius 2 is 2.05 bits per heavy atom. The molecule has 1 heterocycles. The molecule has 0 aromatic heterocycles. The van der Waals surface area contributed by atoms with Crippen molar-refractivity contribution in [3.05, 3.63) is 0 Å². The Kier molecular flexibility index (Phi) is 9.42. The van der Waals surface area contributed by atoms with E-state index in [-0.39, 0.29) is 6.10 Å². The average molecular weight is 321 g/mol. The monoisotopic (exact) mass is 321 g/mol. The molecule has 1 aliphatic rings. The number of hydrogen-bond acceptors (Lipinski definition) is 4. The van der Waals surface area contributed by atoms with Crippen molar-refractivity contribution < 1.29 is 13.2 Å². The fourth-order valence-corrected chi connectivity index (χ4v) is 3.31. The molecule has 1 aliphatic heterocycles. The van der Waals surface area contributed by atoms with Gasteiger partial charge in [0.15, 0.2) is 0 Å². The van der Waals surface area contributed by atoms with E-state index in [4.69, 9.17) is 4.74 Å². The molecule has 2 N–H and O–H groups in total. The van der Waals surface area contributed by atoms with Crippen molar-refractivity contribution >= 4 is 10.2 Å². The molecule has 0 aliphatic carbocycles. The summed E-state index contributed by atoms with van der Waals surface area (Å²) in [4.78, 5) is 0. The lowest BCUT2D eigenvalue weighted by molar-refractivity contribution is 0.0123. The van der Waals surface area contributed by atoms with Gasteiger partial charge >= 0.3 is 0 Å². The first kappa shape index (κ1) is 18.8. The molecule has 0 aromatic rings. The number of ether oxygens (including phenoxy) is 1. The normalized spacial score (nSPS) is 20.0. The highest BCUT2D eigenvalue weighted by atomic mass is 32.2. The van der Waals surface area contributed by atoms with Gasteiger partial charge in [0.2, 0.25) is 0 Å². The number of nitrogens with one attached hydrogen (secondary N) is 2. The molecule has 0 amide bonds. The standard InChI is InChI=1S/C14H31N3O3S/c1-3-9-15-10-6-12-17(2)21(18,19)16-11-8-14-7-4-5-13-20-14/h14-16H,3-13H2,1-2H3. The molecule has 1 rings (SSSR count). The van der Waals surface area contributed by atoms with E-state index >= 15 is 0 Å². The summed E-state index contributed by atoms with van der Waals surface area (Å²) in [5.41, 5.74) is 0. The van der Waals surface area contributed by atoms with Crippen LogP contribution in [0.1, 0.15) is 45.4 Å². The van der Waals surface area contributed by atoms with E-state index in [9.17, 15) is 8.42 Å². The Hall–Kier alpha value is -0.210. The molecule has 1 fully saturated rings. The summed E-state index contributed by atoms with van der Waals surface area (Å²) in [6, 6.07) is 0. The zero-order chi connectivity index (χ0) is 15.6. The van der Waals surface area contributed by atoms with Crippen molar-refractivity contribution in [3.8, 4) is 0 Å². The van der Waals surface area contributed by atoms with Crippen LogP contribution in [0.15, 0.2) is 0 Å². The van der Waals surface area contributed by atoms with E-state index in [1.807, 2.05) is 0 Å². The van der Waals surface area contributed by atoms with Crippen LogP contribution in [0, 0.1) is 0 Å². The van der Waals surface area contributed by atoms with Crippen molar-refractivity contribution in [2.75, 3.05) is 39.8 Å². The minimum absolute atomic E-state index is 0.213. The van der Waals surface area contributed by atoms with Crippen LogP contribution >= 0.6 is 0 Å². The minimum Gasteiger partial charge on any atom is -0.378 e. The molecule has 126 valence electrons. The topological polar surface area (TPSA) is 70.7 Å². The van der Waals surface area contributed by atoms with Gasteiger partial charge in [-0.2, -0.15) is 12.7 Å². The maximum Gasteiger partial charge on any atom is 0.279 e. The van der Waals surface area contributed by atoms with Gasteiger partial charge in [-0.3, -0.25) is 0 Å². The van der Waals surface area contributed by atoms with Crippen molar-refractivity contribution in [1.29, 1.82) is 0 Å². The smallest absolute Gasteiger partial charge is 0.279 e. The molecule has 7 heteroatoms. The summed E-state index contributed by atoms with van der Waals surface area (Å²) in [6.07, 6.45) is 6.23. The molecule has 0 aromatic carbocycles. The van der Waals surface area contributed by atoms with Crippen LogP contribution in [0.5, 0.6) is 0 Å². The molecule has 0 radical (unpaired) electrons. The average Bonchev–Trinajstić information content (AvgIpc) is 2.47. The highest BCUT2D eigenvalue weighted by Gasteiger charge is 2.18. The lowest BCUT2D eigenvalue weighted by Gasteiger charge is -2.23. The van der Waals surface area contributed by atoms with Gasteiger partial charge in [0, 0.05) is 26.7 Å². The van der Waals surface area contributed by atoms with Gasteiger partial charge in [-0.05, 0) is 51.6 Å². The van der Waals surface area contributed by atoms with Crippen LogP contribution < -0.4 is 10.0 Å². The third-order valence-electron chi connectivity index (χ3n) is 3.69. The van der Waals surface area contributed by atoms with Crippen LogP contribution in [0.4, 0.5) is 0 Å². The molecule has 6 nitrogen and oxygen atoms in total. The van der Waals surface area contributed by atoms with Gasteiger partial charge < -0.3 is 10.1 Å². The van der Waals surface area contributed by atoms with E-state index < -0.39 is 10.2 Å². The zero-order valence-electron chi connectivity index (χ0n) is 13.4. The first-order chi connectivity index (χ1) is 10.1. The molecule has 0 saturated carbocycles. The molecular weight excluding hydrogens is 290 g/mol. The van der Waals surface area contributed by atoms with E-state index in [2.05, 4.69) is 17.0 Å². The maximum absolute atomic E-state index is 12.0. The largest absolute Gasteiger partial charge is 0.378 e. The highest BCUT2D eigenvalue weighted by molar-refractivity contribution is 7.87. The summed E-state index contributed by atoms with van der Waals surface area (Å²) in [7, 11) is -1.73. The quantitative estimate of drug-likeness (QED) is 0.559. The Bertz CT molecular complexity index is 356. The second-order valence-electron chi connectivity index (χ2n) is 5.60. The molecule has 0 spiro atoms. The van der Waals surface area contributed by atoms with E-state index in [1.165, 1.54) is 10.7 Å². The van der Waals surface area contributed by atoms with E-state index in [1.54, 1.807) is 7.05 Å². The summed E-state index contributed by atoms with van der Waals surface area (Å²) >= 11 is 0. The van der Waals surface area contributed by atoms with Crippen LogP contribution in [0.3, 0.4) is 0 Å². The van der Waals surface area contributed by atoms with Gasteiger partial charge in [0.05, 0.1) is 6.10 Å². The third-order valence-corrected chi connectivity index (χ3v) is 5.26.